The molecule has 8 heteroatoms. The first-order valence-corrected chi connectivity index (χ1v) is 10.5. The van der Waals surface area contributed by atoms with Gasteiger partial charge in [-0.1, -0.05) is 60.3 Å². The number of aromatic nitrogens is 3. The number of para-hydroxylation sites is 1. The lowest BCUT2D eigenvalue weighted by molar-refractivity contribution is -0.118. The predicted octanol–water partition coefficient (Wildman–Crippen LogP) is 4.43. The summed E-state index contributed by atoms with van der Waals surface area (Å²) in [5, 5.41) is 13.2. The Morgan fingerprint density at radius 2 is 1.81 bits per heavy atom. The molecule has 31 heavy (non-hydrogen) atoms. The number of allylic oxidation sites excluding steroid dienone is 1. The number of benzene rings is 2. The zero-order chi connectivity index (χ0) is 21.3. The van der Waals surface area contributed by atoms with Gasteiger partial charge < -0.3 is 4.42 Å². The predicted molar refractivity (Wildman–Crippen MR) is 122 cm³/mol. The van der Waals surface area contributed by atoms with E-state index in [0.29, 0.717) is 10.9 Å². The van der Waals surface area contributed by atoms with Crippen LogP contribution in [0, 0.1) is 0 Å². The van der Waals surface area contributed by atoms with Gasteiger partial charge in [-0.3, -0.25) is 9.36 Å². The molecule has 2 heterocycles. The maximum atomic E-state index is 12.2. The van der Waals surface area contributed by atoms with Crippen LogP contribution in [-0.4, -0.2) is 32.6 Å². The van der Waals surface area contributed by atoms with E-state index in [9.17, 15) is 4.79 Å². The van der Waals surface area contributed by atoms with Crippen molar-refractivity contribution >= 4 is 30.0 Å². The normalized spacial score (nSPS) is 11.4. The molecule has 0 saturated carbocycles. The van der Waals surface area contributed by atoms with E-state index >= 15 is 0 Å². The Kier molecular flexibility index (Phi) is 6.71. The van der Waals surface area contributed by atoms with Crippen LogP contribution in [0.2, 0.25) is 0 Å². The van der Waals surface area contributed by atoms with Crippen molar-refractivity contribution in [3.63, 3.8) is 0 Å². The summed E-state index contributed by atoms with van der Waals surface area (Å²) in [6.45, 7) is 0. The van der Waals surface area contributed by atoms with Gasteiger partial charge in [0.05, 0.1) is 12.0 Å². The monoisotopic (exact) mass is 429 g/mol. The van der Waals surface area contributed by atoms with Crippen molar-refractivity contribution in [2.45, 2.75) is 5.16 Å². The summed E-state index contributed by atoms with van der Waals surface area (Å²) < 4.78 is 7.12. The Morgan fingerprint density at radius 3 is 2.55 bits per heavy atom. The maximum Gasteiger partial charge on any atom is 0.250 e. The average Bonchev–Trinajstić information content (AvgIpc) is 3.48. The van der Waals surface area contributed by atoms with Crippen LogP contribution in [0.25, 0.3) is 23.2 Å². The molecule has 0 unspecified atom stereocenters. The molecule has 2 aromatic heterocycles. The highest BCUT2D eigenvalue weighted by atomic mass is 32.2. The van der Waals surface area contributed by atoms with E-state index in [1.165, 1.54) is 18.0 Å². The summed E-state index contributed by atoms with van der Waals surface area (Å²) >= 11 is 1.30. The van der Waals surface area contributed by atoms with Crippen LogP contribution in [0.1, 0.15) is 5.76 Å². The van der Waals surface area contributed by atoms with Gasteiger partial charge in [-0.15, -0.1) is 10.2 Å². The molecule has 4 aromatic rings. The highest BCUT2D eigenvalue weighted by Crippen LogP contribution is 2.27. The maximum absolute atomic E-state index is 12.2. The van der Waals surface area contributed by atoms with E-state index in [1.807, 2.05) is 71.3 Å². The number of hydrazone groups is 1. The van der Waals surface area contributed by atoms with Crippen molar-refractivity contribution in [1.82, 2.24) is 20.2 Å². The number of amides is 1. The van der Waals surface area contributed by atoms with Gasteiger partial charge in [0.15, 0.2) is 11.0 Å². The molecule has 1 amide bonds. The third-order valence-corrected chi connectivity index (χ3v) is 5.09. The van der Waals surface area contributed by atoms with Crippen molar-refractivity contribution in [1.29, 1.82) is 0 Å². The van der Waals surface area contributed by atoms with E-state index < -0.39 is 0 Å². The van der Waals surface area contributed by atoms with Gasteiger partial charge in [0.2, 0.25) is 0 Å². The second-order valence-electron chi connectivity index (χ2n) is 6.32. The number of thioether (sulfide) groups is 1. The van der Waals surface area contributed by atoms with Crippen LogP contribution < -0.4 is 5.43 Å². The number of carbonyl (C=O) groups is 1. The van der Waals surface area contributed by atoms with E-state index in [4.69, 9.17) is 4.42 Å². The lowest BCUT2D eigenvalue weighted by Gasteiger charge is -2.10. The van der Waals surface area contributed by atoms with Crippen molar-refractivity contribution < 1.29 is 9.21 Å². The van der Waals surface area contributed by atoms with Crippen molar-refractivity contribution in [3.8, 4) is 17.1 Å². The fourth-order valence-corrected chi connectivity index (χ4v) is 3.53. The molecule has 154 valence electrons. The number of furan rings is 1. The third-order valence-electron chi connectivity index (χ3n) is 4.17. The first-order valence-electron chi connectivity index (χ1n) is 9.52. The molecule has 0 saturated heterocycles. The third kappa shape index (κ3) is 5.37. The van der Waals surface area contributed by atoms with Crippen molar-refractivity contribution in [3.05, 3.63) is 90.9 Å². The fraction of sp³-hybridized carbons (Fsp3) is 0.0435. The van der Waals surface area contributed by atoms with Crippen molar-refractivity contribution in [2.75, 3.05) is 5.75 Å². The molecule has 7 nitrogen and oxygen atoms in total. The van der Waals surface area contributed by atoms with E-state index in [2.05, 4.69) is 20.7 Å². The minimum Gasteiger partial charge on any atom is -0.465 e. The van der Waals surface area contributed by atoms with Gasteiger partial charge in [-0.25, -0.2) is 5.43 Å². The first kappa shape index (κ1) is 20.4. The summed E-state index contributed by atoms with van der Waals surface area (Å²) in [6, 6.07) is 23.3. The summed E-state index contributed by atoms with van der Waals surface area (Å²) in [4.78, 5) is 12.2. The fourth-order valence-electron chi connectivity index (χ4n) is 2.79. The van der Waals surface area contributed by atoms with Gasteiger partial charge in [0.25, 0.3) is 5.91 Å². The van der Waals surface area contributed by atoms with E-state index in [-0.39, 0.29) is 11.7 Å². The lowest BCUT2D eigenvalue weighted by Crippen LogP contribution is -2.19. The van der Waals surface area contributed by atoms with Gasteiger partial charge in [0, 0.05) is 17.5 Å². The number of rotatable bonds is 8. The van der Waals surface area contributed by atoms with Crippen LogP contribution in [0.3, 0.4) is 0 Å². The molecule has 0 radical (unpaired) electrons. The molecule has 2 aromatic carbocycles. The number of hydrogen-bond donors (Lipinski definition) is 1. The summed E-state index contributed by atoms with van der Waals surface area (Å²) in [7, 11) is 0. The molecular formula is C23H19N5O2S. The SMILES string of the molecule is O=C(CSc1nnc(-c2ccccc2)n1-c1ccccc1)N/N=C\C=C\c1ccco1. The van der Waals surface area contributed by atoms with E-state index in [0.717, 1.165) is 17.1 Å². The minimum absolute atomic E-state index is 0.152. The van der Waals surface area contributed by atoms with Crippen LogP contribution >= 0.6 is 11.8 Å². The zero-order valence-electron chi connectivity index (χ0n) is 16.5. The first-order chi connectivity index (χ1) is 15.3. The average molecular weight is 430 g/mol. The van der Waals surface area contributed by atoms with Crippen LogP contribution in [0.15, 0.2) is 99.8 Å². The van der Waals surface area contributed by atoms with Crippen LogP contribution in [0.4, 0.5) is 0 Å². The lowest BCUT2D eigenvalue weighted by atomic mass is 10.2. The standard InChI is InChI=1S/C23H19N5O2S/c29-21(25-24-15-7-13-20-14-8-16-30-20)17-31-23-27-26-22(18-9-3-1-4-10-18)28(23)19-11-5-2-6-12-19/h1-16H,17H2,(H,25,29)/b13-7+,24-15-. The highest BCUT2D eigenvalue weighted by Gasteiger charge is 2.16. The molecule has 1 N–H and O–H groups in total. The number of carbonyl (C=O) groups excluding carboxylic acids is 1. The van der Waals surface area contributed by atoms with Gasteiger partial charge >= 0.3 is 0 Å². The molecule has 0 aliphatic rings. The Labute approximate surface area is 183 Å². The molecule has 0 bridgehead atoms. The highest BCUT2D eigenvalue weighted by molar-refractivity contribution is 7.99. The molecular weight excluding hydrogens is 410 g/mol. The minimum atomic E-state index is -0.239. The zero-order valence-corrected chi connectivity index (χ0v) is 17.3. The van der Waals surface area contributed by atoms with Crippen LogP contribution in [-0.2, 0) is 4.79 Å². The second-order valence-corrected chi connectivity index (χ2v) is 7.26. The van der Waals surface area contributed by atoms with E-state index in [1.54, 1.807) is 24.5 Å². The van der Waals surface area contributed by atoms with Crippen molar-refractivity contribution in [2.24, 2.45) is 5.10 Å². The Hall–Kier alpha value is -3.91. The number of nitrogens with zero attached hydrogens (tertiary/aromatic N) is 4. The number of nitrogens with one attached hydrogen (secondary N) is 1. The smallest absolute Gasteiger partial charge is 0.250 e. The Balaban J connectivity index is 1.43. The Morgan fingerprint density at radius 1 is 1.03 bits per heavy atom. The molecule has 0 atom stereocenters. The quantitative estimate of drug-likeness (QED) is 0.254. The molecule has 4 rings (SSSR count). The van der Waals surface area contributed by atoms with Gasteiger partial charge in [-0.05, 0) is 36.4 Å². The van der Waals surface area contributed by atoms with Gasteiger partial charge in [0.1, 0.15) is 5.76 Å². The number of hydrogen-bond acceptors (Lipinski definition) is 6. The largest absolute Gasteiger partial charge is 0.465 e. The second kappa shape index (κ2) is 10.2. The molecule has 0 fully saturated rings. The molecule has 0 aliphatic heterocycles. The topological polar surface area (TPSA) is 85.3 Å². The van der Waals surface area contributed by atoms with Crippen LogP contribution in [0.5, 0.6) is 0 Å². The summed E-state index contributed by atoms with van der Waals surface area (Å²) in [5.74, 6) is 1.34. The Bertz CT molecular complexity index is 1170. The van der Waals surface area contributed by atoms with Gasteiger partial charge in [-0.2, -0.15) is 5.10 Å². The summed E-state index contributed by atoms with van der Waals surface area (Å²) in [5.41, 5.74) is 4.37. The summed E-state index contributed by atoms with van der Waals surface area (Å²) in [6.07, 6.45) is 6.51. The molecule has 0 aliphatic carbocycles. The molecule has 0 spiro atoms.